The Morgan fingerprint density at radius 1 is 1.25 bits per heavy atom. The molecule has 7 nitrogen and oxygen atoms in total. The van der Waals surface area contributed by atoms with Crippen LogP contribution >= 0.6 is 0 Å². The van der Waals surface area contributed by atoms with E-state index in [9.17, 15) is 4.79 Å². The van der Waals surface area contributed by atoms with Gasteiger partial charge >= 0.3 is 0 Å². The van der Waals surface area contributed by atoms with Gasteiger partial charge in [-0.2, -0.15) is 5.10 Å². The molecule has 1 amide bonds. The zero-order chi connectivity index (χ0) is 17.1. The Hall–Kier alpha value is -2.54. The van der Waals surface area contributed by atoms with E-state index in [1.54, 1.807) is 20.3 Å². The van der Waals surface area contributed by atoms with Gasteiger partial charge in [0.2, 0.25) is 0 Å². The van der Waals surface area contributed by atoms with Crippen LogP contribution in [0.3, 0.4) is 0 Å². The van der Waals surface area contributed by atoms with Gasteiger partial charge in [0.25, 0.3) is 5.91 Å². The molecule has 1 aliphatic rings. The fraction of sp³-hybridized carbons (Fsp3) is 0.412. The van der Waals surface area contributed by atoms with Crippen molar-refractivity contribution in [3.8, 4) is 22.8 Å². The number of methoxy groups -OCH3 is 2. The molecule has 0 saturated carbocycles. The molecule has 2 aromatic rings. The van der Waals surface area contributed by atoms with Crippen molar-refractivity contribution in [2.24, 2.45) is 0 Å². The number of amides is 1. The Morgan fingerprint density at radius 3 is 2.75 bits per heavy atom. The maximum Gasteiger partial charge on any atom is 0.272 e. The third-order valence-corrected chi connectivity index (χ3v) is 4.25. The number of carbonyl (C=O) groups excluding carboxylic acids is 1. The summed E-state index contributed by atoms with van der Waals surface area (Å²) in [5.41, 5.74) is 2.05. The second kappa shape index (κ2) is 6.92. The van der Waals surface area contributed by atoms with Crippen LogP contribution in [0, 0.1) is 0 Å². The highest BCUT2D eigenvalue weighted by atomic mass is 16.5. The summed E-state index contributed by atoms with van der Waals surface area (Å²) in [6.07, 6.45) is 0. The first kappa shape index (κ1) is 16.3. The van der Waals surface area contributed by atoms with Crippen molar-refractivity contribution in [2.75, 3.05) is 33.9 Å². The first-order valence-electron chi connectivity index (χ1n) is 7.93. The molecule has 0 unspecified atom stereocenters. The first-order valence-corrected chi connectivity index (χ1v) is 7.93. The molecular formula is C17H22N4O3. The van der Waals surface area contributed by atoms with Crippen molar-refractivity contribution in [3.05, 3.63) is 30.0 Å². The molecule has 0 radical (unpaired) electrons. The molecule has 3 rings (SSSR count). The van der Waals surface area contributed by atoms with Crippen molar-refractivity contribution >= 4 is 5.91 Å². The lowest BCUT2D eigenvalue weighted by molar-refractivity contribution is 0.0649. The Bertz CT molecular complexity index is 728. The SMILES string of the molecule is COc1ccc(-c2cc(C(=O)N3CCNC[C@@H]3C)[nH]n2)cc1OC. The molecule has 0 aliphatic carbocycles. The molecule has 7 heteroatoms. The number of piperazine rings is 1. The zero-order valence-corrected chi connectivity index (χ0v) is 14.1. The van der Waals surface area contributed by atoms with E-state index in [0.29, 0.717) is 29.4 Å². The van der Waals surface area contributed by atoms with Crippen molar-refractivity contribution in [2.45, 2.75) is 13.0 Å². The number of aromatic amines is 1. The normalized spacial score (nSPS) is 17.6. The highest BCUT2D eigenvalue weighted by Crippen LogP contribution is 2.31. The third kappa shape index (κ3) is 3.07. The van der Waals surface area contributed by atoms with Gasteiger partial charge < -0.3 is 19.7 Å². The lowest BCUT2D eigenvalue weighted by Crippen LogP contribution is -2.52. The maximum atomic E-state index is 12.7. The lowest BCUT2D eigenvalue weighted by Gasteiger charge is -2.33. The molecule has 128 valence electrons. The van der Waals surface area contributed by atoms with E-state index in [0.717, 1.165) is 18.7 Å². The van der Waals surface area contributed by atoms with Gasteiger partial charge in [-0.05, 0) is 31.2 Å². The van der Waals surface area contributed by atoms with Gasteiger partial charge in [0.1, 0.15) is 5.69 Å². The molecule has 1 aromatic carbocycles. The fourth-order valence-corrected chi connectivity index (χ4v) is 2.87. The fourth-order valence-electron chi connectivity index (χ4n) is 2.87. The standard InChI is InChI=1S/C17H22N4O3/c1-11-10-18-6-7-21(11)17(22)14-9-13(19-20-14)12-4-5-15(23-2)16(8-12)24-3/h4-5,8-9,11,18H,6-7,10H2,1-3H3,(H,19,20)/t11-/m0/s1. The summed E-state index contributed by atoms with van der Waals surface area (Å²) in [7, 11) is 3.18. The number of rotatable bonds is 4. The van der Waals surface area contributed by atoms with Crippen LogP contribution in [0.25, 0.3) is 11.3 Å². The minimum absolute atomic E-state index is 0.0248. The minimum atomic E-state index is -0.0248. The number of hydrogen-bond acceptors (Lipinski definition) is 5. The van der Waals surface area contributed by atoms with E-state index >= 15 is 0 Å². The van der Waals surface area contributed by atoms with Gasteiger partial charge in [-0.3, -0.25) is 9.89 Å². The van der Waals surface area contributed by atoms with E-state index < -0.39 is 0 Å². The van der Waals surface area contributed by atoms with Crippen LogP contribution in [0.4, 0.5) is 0 Å². The van der Waals surface area contributed by atoms with E-state index in [1.165, 1.54) is 0 Å². The number of aromatic nitrogens is 2. The summed E-state index contributed by atoms with van der Waals surface area (Å²) in [5.74, 6) is 1.26. The number of carbonyl (C=O) groups is 1. The summed E-state index contributed by atoms with van der Waals surface area (Å²) < 4.78 is 10.6. The quantitative estimate of drug-likeness (QED) is 0.889. The smallest absolute Gasteiger partial charge is 0.272 e. The van der Waals surface area contributed by atoms with Crippen molar-refractivity contribution in [1.82, 2.24) is 20.4 Å². The van der Waals surface area contributed by atoms with Crippen molar-refractivity contribution < 1.29 is 14.3 Å². The van der Waals surface area contributed by atoms with Gasteiger partial charge in [-0.25, -0.2) is 0 Å². The number of nitrogens with zero attached hydrogens (tertiary/aromatic N) is 2. The average molecular weight is 330 g/mol. The lowest BCUT2D eigenvalue weighted by atomic mass is 10.1. The average Bonchev–Trinajstić information content (AvgIpc) is 3.11. The summed E-state index contributed by atoms with van der Waals surface area (Å²) in [6, 6.07) is 7.50. The van der Waals surface area contributed by atoms with Gasteiger partial charge in [-0.1, -0.05) is 0 Å². The molecular weight excluding hydrogens is 308 g/mol. The summed E-state index contributed by atoms with van der Waals surface area (Å²) >= 11 is 0. The predicted octanol–water partition coefficient (Wildman–Crippen LogP) is 1.53. The van der Waals surface area contributed by atoms with Crippen molar-refractivity contribution in [3.63, 3.8) is 0 Å². The van der Waals surface area contributed by atoms with E-state index in [1.807, 2.05) is 30.0 Å². The Balaban J connectivity index is 1.84. The predicted molar refractivity (Wildman–Crippen MR) is 90.5 cm³/mol. The zero-order valence-electron chi connectivity index (χ0n) is 14.1. The second-order valence-corrected chi connectivity index (χ2v) is 5.79. The molecule has 1 fully saturated rings. The Labute approximate surface area is 140 Å². The monoisotopic (exact) mass is 330 g/mol. The summed E-state index contributed by atoms with van der Waals surface area (Å²) in [4.78, 5) is 14.5. The Morgan fingerprint density at radius 2 is 2.04 bits per heavy atom. The highest BCUT2D eigenvalue weighted by molar-refractivity contribution is 5.93. The molecule has 1 saturated heterocycles. The second-order valence-electron chi connectivity index (χ2n) is 5.79. The van der Waals surface area contributed by atoms with E-state index in [4.69, 9.17) is 9.47 Å². The van der Waals surface area contributed by atoms with E-state index in [2.05, 4.69) is 15.5 Å². The van der Waals surface area contributed by atoms with Gasteiger partial charge in [0.05, 0.1) is 19.9 Å². The van der Waals surface area contributed by atoms with Gasteiger partial charge in [0, 0.05) is 31.2 Å². The van der Waals surface area contributed by atoms with Crippen molar-refractivity contribution in [1.29, 1.82) is 0 Å². The molecule has 1 aliphatic heterocycles. The van der Waals surface area contributed by atoms with E-state index in [-0.39, 0.29) is 11.9 Å². The van der Waals surface area contributed by atoms with Crippen LogP contribution in [0.5, 0.6) is 11.5 Å². The number of nitrogens with one attached hydrogen (secondary N) is 2. The minimum Gasteiger partial charge on any atom is -0.493 e. The third-order valence-electron chi connectivity index (χ3n) is 4.25. The number of ether oxygens (including phenoxy) is 2. The molecule has 0 spiro atoms. The largest absolute Gasteiger partial charge is 0.493 e. The molecule has 24 heavy (non-hydrogen) atoms. The summed E-state index contributed by atoms with van der Waals surface area (Å²) in [5, 5.41) is 10.4. The number of benzene rings is 1. The van der Waals surface area contributed by atoms with Crippen LogP contribution in [-0.4, -0.2) is 60.9 Å². The van der Waals surface area contributed by atoms with Gasteiger partial charge in [0.15, 0.2) is 11.5 Å². The number of hydrogen-bond donors (Lipinski definition) is 2. The van der Waals surface area contributed by atoms with Crippen LogP contribution < -0.4 is 14.8 Å². The first-order chi connectivity index (χ1) is 11.6. The Kier molecular flexibility index (Phi) is 4.71. The topological polar surface area (TPSA) is 79.5 Å². The van der Waals surface area contributed by atoms with Crippen LogP contribution in [0.2, 0.25) is 0 Å². The molecule has 2 heterocycles. The van der Waals surface area contributed by atoms with Gasteiger partial charge in [-0.15, -0.1) is 0 Å². The molecule has 0 bridgehead atoms. The number of H-pyrrole nitrogens is 1. The molecule has 1 aromatic heterocycles. The van der Waals surface area contributed by atoms with Crippen LogP contribution in [-0.2, 0) is 0 Å². The molecule has 2 N–H and O–H groups in total. The maximum absolute atomic E-state index is 12.7. The van der Waals surface area contributed by atoms with Crippen LogP contribution in [0.1, 0.15) is 17.4 Å². The molecule has 1 atom stereocenters. The highest BCUT2D eigenvalue weighted by Gasteiger charge is 2.25. The van der Waals surface area contributed by atoms with Crippen LogP contribution in [0.15, 0.2) is 24.3 Å². The summed E-state index contributed by atoms with van der Waals surface area (Å²) in [6.45, 7) is 4.36.